The van der Waals surface area contributed by atoms with Crippen molar-refractivity contribution in [3.8, 4) is 0 Å². The molecular formula is C8H13ClO2. The van der Waals surface area contributed by atoms with Crippen LogP contribution >= 0.6 is 12.4 Å². The molecule has 64 valence electrons. The maximum absolute atomic E-state index is 10.4. The van der Waals surface area contributed by atoms with Gasteiger partial charge >= 0.3 is 5.97 Å². The van der Waals surface area contributed by atoms with Gasteiger partial charge in [-0.2, -0.15) is 0 Å². The minimum Gasteiger partial charge on any atom is -0.481 e. The fraction of sp³-hybridized carbons (Fsp3) is 0.625. The Bertz CT molecular complexity index is 175. The fourth-order valence-corrected chi connectivity index (χ4v) is 1.19. The lowest BCUT2D eigenvalue weighted by molar-refractivity contribution is -0.141. The molecular weight excluding hydrogens is 164 g/mol. The number of carbonyl (C=O) groups is 1. The summed E-state index contributed by atoms with van der Waals surface area (Å²) < 4.78 is 0. The van der Waals surface area contributed by atoms with Crippen LogP contribution in [-0.4, -0.2) is 11.1 Å². The zero-order valence-electron chi connectivity index (χ0n) is 6.54. The fourth-order valence-electron chi connectivity index (χ4n) is 1.19. The predicted molar refractivity (Wildman–Crippen MR) is 46.0 cm³/mol. The molecule has 0 amide bonds. The average molecular weight is 177 g/mol. The van der Waals surface area contributed by atoms with E-state index in [0.717, 1.165) is 19.3 Å². The Morgan fingerprint density at radius 2 is 2.36 bits per heavy atom. The molecule has 1 atom stereocenters. The Morgan fingerprint density at radius 3 is 2.73 bits per heavy atom. The monoisotopic (exact) mass is 176 g/mol. The molecule has 0 spiro atoms. The van der Waals surface area contributed by atoms with Crippen LogP contribution in [0.4, 0.5) is 0 Å². The van der Waals surface area contributed by atoms with Crippen LogP contribution in [-0.2, 0) is 4.79 Å². The highest BCUT2D eigenvalue weighted by atomic mass is 35.5. The van der Waals surface area contributed by atoms with Crippen molar-refractivity contribution >= 4 is 18.4 Å². The standard InChI is InChI=1S/C8H12O2.ClH/c1-6-2-4-7(5-3-6)8(9)10;/h2,7H,3-5H2,1H3,(H,9,10);1H/t7-;/m1./s1. The number of rotatable bonds is 1. The highest BCUT2D eigenvalue weighted by Gasteiger charge is 2.18. The van der Waals surface area contributed by atoms with E-state index in [1.165, 1.54) is 5.57 Å². The van der Waals surface area contributed by atoms with Crippen molar-refractivity contribution in [3.63, 3.8) is 0 Å². The van der Waals surface area contributed by atoms with Gasteiger partial charge in [-0.15, -0.1) is 12.4 Å². The van der Waals surface area contributed by atoms with Crippen molar-refractivity contribution < 1.29 is 9.90 Å². The summed E-state index contributed by atoms with van der Waals surface area (Å²) >= 11 is 0. The van der Waals surface area contributed by atoms with Crippen molar-refractivity contribution in [3.05, 3.63) is 11.6 Å². The van der Waals surface area contributed by atoms with Gasteiger partial charge in [0.2, 0.25) is 0 Å². The second-order valence-electron chi connectivity index (χ2n) is 2.86. The lowest BCUT2D eigenvalue weighted by Gasteiger charge is -2.15. The molecule has 0 fully saturated rings. The molecule has 1 N–H and O–H groups in total. The molecule has 2 nitrogen and oxygen atoms in total. The summed E-state index contributed by atoms with van der Waals surface area (Å²) in [6, 6.07) is 0. The van der Waals surface area contributed by atoms with Crippen LogP contribution in [0, 0.1) is 5.92 Å². The van der Waals surface area contributed by atoms with Crippen LogP contribution in [0.2, 0.25) is 0 Å². The molecule has 1 aliphatic rings. The lowest BCUT2D eigenvalue weighted by atomic mass is 9.90. The molecule has 0 aromatic heterocycles. The molecule has 0 heterocycles. The molecule has 1 rings (SSSR count). The first-order valence-corrected chi connectivity index (χ1v) is 3.58. The van der Waals surface area contributed by atoms with E-state index in [0.29, 0.717) is 0 Å². The summed E-state index contributed by atoms with van der Waals surface area (Å²) in [5, 5.41) is 8.60. The Balaban J connectivity index is 0.000001000. The highest BCUT2D eigenvalue weighted by Crippen LogP contribution is 2.22. The van der Waals surface area contributed by atoms with E-state index >= 15 is 0 Å². The van der Waals surface area contributed by atoms with Gasteiger partial charge in [-0.25, -0.2) is 0 Å². The van der Waals surface area contributed by atoms with E-state index in [2.05, 4.69) is 6.92 Å². The van der Waals surface area contributed by atoms with Gasteiger partial charge in [-0.1, -0.05) is 11.6 Å². The van der Waals surface area contributed by atoms with Gasteiger partial charge in [0.1, 0.15) is 0 Å². The van der Waals surface area contributed by atoms with Gasteiger partial charge < -0.3 is 5.11 Å². The second-order valence-corrected chi connectivity index (χ2v) is 2.86. The maximum atomic E-state index is 10.4. The minimum absolute atomic E-state index is 0. The van der Waals surface area contributed by atoms with Crippen molar-refractivity contribution in [2.45, 2.75) is 26.2 Å². The van der Waals surface area contributed by atoms with Gasteiger partial charge in [0, 0.05) is 0 Å². The Kier molecular flexibility index (Phi) is 4.19. The third-order valence-corrected chi connectivity index (χ3v) is 1.99. The summed E-state index contributed by atoms with van der Waals surface area (Å²) in [7, 11) is 0. The summed E-state index contributed by atoms with van der Waals surface area (Å²) in [5.74, 6) is -0.771. The van der Waals surface area contributed by atoms with E-state index in [1.54, 1.807) is 0 Å². The Labute approximate surface area is 72.7 Å². The third-order valence-electron chi connectivity index (χ3n) is 1.99. The van der Waals surface area contributed by atoms with Gasteiger partial charge in [-0.05, 0) is 26.2 Å². The van der Waals surface area contributed by atoms with E-state index in [-0.39, 0.29) is 18.3 Å². The zero-order chi connectivity index (χ0) is 7.56. The molecule has 1 aliphatic carbocycles. The van der Waals surface area contributed by atoms with E-state index in [4.69, 9.17) is 5.11 Å². The third kappa shape index (κ3) is 2.93. The normalized spacial score (nSPS) is 23.4. The Morgan fingerprint density at radius 1 is 1.73 bits per heavy atom. The zero-order valence-corrected chi connectivity index (χ0v) is 7.36. The molecule has 0 aromatic rings. The van der Waals surface area contributed by atoms with Crippen molar-refractivity contribution in [2.24, 2.45) is 5.92 Å². The van der Waals surface area contributed by atoms with Gasteiger partial charge in [0.25, 0.3) is 0 Å². The van der Waals surface area contributed by atoms with Crippen LogP contribution in [0.5, 0.6) is 0 Å². The van der Waals surface area contributed by atoms with Crippen LogP contribution in [0.15, 0.2) is 11.6 Å². The number of carboxylic acid groups (broad SMARTS) is 1. The molecule has 3 heteroatoms. The summed E-state index contributed by atoms with van der Waals surface area (Å²) in [6.07, 6.45) is 4.53. The van der Waals surface area contributed by atoms with Crippen LogP contribution in [0.3, 0.4) is 0 Å². The van der Waals surface area contributed by atoms with Crippen molar-refractivity contribution in [1.82, 2.24) is 0 Å². The number of hydrogen-bond donors (Lipinski definition) is 1. The van der Waals surface area contributed by atoms with Gasteiger partial charge in [-0.3, -0.25) is 4.79 Å². The van der Waals surface area contributed by atoms with Crippen LogP contribution in [0.1, 0.15) is 26.2 Å². The molecule has 0 aromatic carbocycles. The molecule has 0 aliphatic heterocycles. The summed E-state index contributed by atoms with van der Waals surface area (Å²) in [6.45, 7) is 2.05. The average Bonchev–Trinajstić information content (AvgIpc) is 1.88. The molecule has 0 radical (unpaired) electrons. The molecule has 11 heavy (non-hydrogen) atoms. The molecule has 0 bridgehead atoms. The quantitative estimate of drug-likeness (QED) is 0.623. The number of halogens is 1. The second kappa shape index (κ2) is 4.39. The topological polar surface area (TPSA) is 37.3 Å². The summed E-state index contributed by atoms with van der Waals surface area (Å²) in [5.41, 5.74) is 1.33. The molecule has 0 saturated heterocycles. The number of allylic oxidation sites excluding steroid dienone is 2. The van der Waals surface area contributed by atoms with Crippen LogP contribution in [0.25, 0.3) is 0 Å². The first-order chi connectivity index (χ1) is 4.70. The predicted octanol–water partition coefficient (Wildman–Crippen LogP) is 2.24. The SMILES string of the molecule is CC1=CC[C@@H](C(=O)O)CC1.Cl. The van der Waals surface area contributed by atoms with E-state index < -0.39 is 5.97 Å². The number of hydrogen-bond acceptors (Lipinski definition) is 1. The highest BCUT2D eigenvalue weighted by molar-refractivity contribution is 5.85. The van der Waals surface area contributed by atoms with Crippen LogP contribution < -0.4 is 0 Å². The van der Waals surface area contributed by atoms with E-state index in [9.17, 15) is 4.79 Å². The van der Waals surface area contributed by atoms with Crippen molar-refractivity contribution in [2.75, 3.05) is 0 Å². The minimum atomic E-state index is -0.649. The smallest absolute Gasteiger partial charge is 0.306 e. The molecule has 0 unspecified atom stereocenters. The summed E-state index contributed by atoms with van der Waals surface area (Å²) in [4.78, 5) is 10.4. The number of carboxylic acids is 1. The first kappa shape index (κ1) is 10.5. The van der Waals surface area contributed by atoms with E-state index in [1.807, 2.05) is 6.08 Å². The first-order valence-electron chi connectivity index (χ1n) is 3.58. The maximum Gasteiger partial charge on any atom is 0.306 e. The van der Waals surface area contributed by atoms with Gasteiger partial charge in [0.15, 0.2) is 0 Å². The largest absolute Gasteiger partial charge is 0.481 e. The van der Waals surface area contributed by atoms with Gasteiger partial charge in [0.05, 0.1) is 5.92 Å². The molecule has 0 saturated carbocycles. The number of aliphatic carboxylic acids is 1. The lowest BCUT2D eigenvalue weighted by Crippen LogP contribution is -2.15. The Hall–Kier alpha value is -0.500. The van der Waals surface area contributed by atoms with Crippen molar-refractivity contribution in [1.29, 1.82) is 0 Å².